The number of carbonyl (C=O) groups is 2. The number of nitrogens with one attached hydrogen (secondary N) is 1. The van der Waals surface area contributed by atoms with E-state index >= 15 is 0 Å². The highest BCUT2D eigenvalue weighted by Gasteiger charge is 2.28. The molecule has 2 rings (SSSR count). The average molecular weight is 467 g/mol. The Kier molecular flexibility index (Phi) is 9.08. The number of nitrogens with zero attached hydrogens (tertiary/aromatic N) is 1. The predicted octanol–water partition coefficient (Wildman–Crippen LogP) is 5.81. The first-order chi connectivity index (χ1) is 14.1. The first-order valence-corrected chi connectivity index (χ1v) is 11.5. The van der Waals surface area contributed by atoms with Gasteiger partial charge in [-0.3, -0.25) is 9.59 Å². The lowest BCUT2D eigenvalue weighted by atomic mass is 10.1. The molecule has 0 unspecified atom stereocenters. The van der Waals surface area contributed by atoms with Crippen LogP contribution in [0, 0.1) is 0 Å². The van der Waals surface area contributed by atoms with Crippen LogP contribution in [0.15, 0.2) is 53.4 Å². The Morgan fingerprint density at radius 1 is 1.10 bits per heavy atom. The molecule has 0 aliphatic heterocycles. The van der Waals surface area contributed by atoms with E-state index in [1.54, 1.807) is 41.8 Å². The second kappa shape index (κ2) is 11.1. The van der Waals surface area contributed by atoms with Gasteiger partial charge in [0.25, 0.3) is 0 Å². The van der Waals surface area contributed by atoms with Crippen molar-refractivity contribution in [3.05, 3.63) is 64.1 Å². The van der Waals surface area contributed by atoms with E-state index in [0.717, 1.165) is 10.5 Å². The second-order valence-corrected chi connectivity index (χ2v) is 10.1. The number of halogens is 2. The predicted molar refractivity (Wildman–Crippen MR) is 126 cm³/mol. The number of carbonyl (C=O) groups excluding carboxylic acids is 2. The van der Waals surface area contributed by atoms with Crippen molar-refractivity contribution in [2.24, 2.45) is 0 Å². The molecule has 0 bridgehead atoms. The van der Waals surface area contributed by atoms with Gasteiger partial charge in [-0.25, -0.2) is 0 Å². The molecule has 7 heteroatoms. The van der Waals surface area contributed by atoms with Crippen molar-refractivity contribution in [2.45, 2.75) is 57.1 Å². The standard InChI is InChI=1S/C23H28Cl2N2O2S/c1-16(22(29)26-23(2,3)4)27(15-17-10-11-18(24)14-20(17)25)21(28)12-13-30-19-8-6-5-7-9-19/h5-11,14,16H,12-13,15H2,1-4H3,(H,26,29)/t16-/m0/s1. The zero-order valence-electron chi connectivity index (χ0n) is 17.7. The lowest BCUT2D eigenvalue weighted by Gasteiger charge is -2.31. The van der Waals surface area contributed by atoms with Crippen LogP contribution in [-0.2, 0) is 16.1 Å². The Morgan fingerprint density at radius 2 is 1.77 bits per heavy atom. The molecule has 0 heterocycles. The summed E-state index contributed by atoms with van der Waals surface area (Å²) in [5, 5.41) is 3.96. The Bertz CT molecular complexity index is 869. The van der Waals surface area contributed by atoms with Crippen LogP contribution in [0.1, 0.15) is 39.7 Å². The molecule has 1 N–H and O–H groups in total. The molecule has 162 valence electrons. The van der Waals surface area contributed by atoms with E-state index in [0.29, 0.717) is 22.2 Å². The minimum absolute atomic E-state index is 0.0963. The summed E-state index contributed by atoms with van der Waals surface area (Å²) in [6, 6.07) is 14.5. The molecule has 0 aliphatic rings. The van der Waals surface area contributed by atoms with E-state index in [-0.39, 0.29) is 23.9 Å². The molecule has 30 heavy (non-hydrogen) atoms. The van der Waals surface area contributed by atoms with E-state index in [4.69, 9.17) is 23.2 Å². The quantitative estimate of drug-likeness (QED) is 0.499. The van der Waals surface area contributed by atoms with Crippen molar-refractivity contribution >= 4 is 46.8 Å². The highest BCUT2D eigenvalue weighted by atomic mass is 35.5. The molecule has 1 atom stereocenters. The summed E-state index contributed by atoms with van der Waals surface area (Å²) in [5.41, 5.74) is 0.363. The number of thioether (sulfide) groups is 1. The molecule has 0 saturated carbocycles. The Labute approximate surface area is 193 Å². The van der Waals surface area contributed by atoms with Gasteiger partial charge < -0.3 is 10.2 Å². The lowest BCUT2D eigenvalue weighted by Crippen LogP contribution is -2.52. The normalized spacial score (nSPS) is 12.3. The van der Waals surface area contributed by atoms with Crippen molar-refractivity contribution < 1.29 is 9.59 Å². The molecule has 0 radical (unpaired) electrons. The molecule has 0 spiro atoms. The fourth-order valence-electron chi connectivity index (χ4n) is 2.81. The van der Waals surface area contributed by atoms with Crippen molar-refractivity contribution in [3.63, 3.8) is 0 Å². The van der Waals surface area contributed by atoms with Gasteiger partial charge in [0.05, 0.1) is 0 Å². The zero-order chi connectivity index (χ0) is 22.3. The van der Waals surface area contributed by atoms with Gasteiger partial charge in [0.1, 0.15) is 6.04 Å². The molecule has 0 aromatic heterocycles. The minimum Gasteiger partial charge on any atom is -0.350 e. The maximum Gasteiger partial charge on any atom is 0.242 e. The highest BCUT2D eigenvalue weighted by Crippen LogP contribution is 2.24. The fraction of sp³-hybridized carbons (Fsp3) is 0.391. The smallest absolute Gasteiger partial charge is 0.242 e. The summed E-state index contributed by atoms with van der Waals surface area (Å²) in [7, 11) is 0. The first-order valence-electron chi connectivity index (χ1n) is 9.80. The van der Waals surface area contributed by atoms with Crippen LogP contribution < -0.4 is 5.32 Å². The summed E-state index contributed by atoms with van der Waals surface area (Å²) < 4.78 is 0. The molecule has 0 saturated heterocycles. The number of benzene rings is 2. The molecular formula is C23H28Cl2N2O2S. The number of hydrogen-bond donors (Lipinski definition) is 1. The third-order valence-electron chi connectivity index (χ3n) is 4.35. The van der Waals surface area contributed by atoms with Gasteiger partial charge in [0.2, 0.25) is 11.8 Å². The van der Waals surface area contributed by atoms with Gasteiger partial charge in [0.15, 0.2) is 0 Å². The molecular weight excluding hydrogens is 439 g/mol. The number of rotatable bonds is 8. The number of amides is 2. The maximum atomic E-state index is 13.1. The lowest BCUT2D eigenvalue weighted by molar-refractivity contribution is -0.140. The SMILES string of the molecule is C[C@@H](C(=O)NC(C)(C)C)N(Cc1ccc(Cl)cc1Cl)C(=O)CCSc1ccccc1. The van der Waals surface area contributed by atoms with Crippen molar-refractivity contribution in [1.82, 2.24) is 10.2 Å². The zero-order valence-corrected chi connectivity index (χ0v) is 20.1. The van der Waals surface area contributed by atoms with Crippen LogP contribution in [0.5, 0.6) is 0 Å². The third-order valence-corrected chi connectivity index (χ3v) is 5.95. The van der Waals surface area contributed by atoms with E-state index in [1.165, 1.54) is 0 Å². The van der Waals surface area contributed by atoms with Crippen molar-refractivity contribution in [1.29, 1.82) is 0 Å². The maximum absolute atomic E-state index is 13.1. The van der Waals surface area contributed by atoms with Gasteiger partial charge in [0, 0.05) is 39.2 Å². The van der Waals surface area contributed by atoms with E-state index in [9.17, 15) is 9.59 Å². The third kappa shape index (κ3) is 7.86. The molecule has 2 amide bonds. The Morgan fingerprint density at radius 3 is 2.37 bits per heavy atom. The summed E-state index contributed by atoms with van der Waals surface area (Å²) in [5.74, 6) is 0.332. The van der Waals surface area contributed by atoms with E-state index < -0.39 is 6.04 Å². The van der Waals surface area contributed by atoms with Crippen molar-refractivity contribution in [2.75, 3.05) is 5.75 Å². The van der Waals surface area contributed by atoms with Crippen molar-refractivity contribution in [3.8, 4) is 0 Å². The summed E-state index contributed by atoms with van der Waals surface area (Å²) >= 11 is 13.9. The Hall–Kier alpha value is -1.69. The molecule has 0 aliphatic carbocycles. The molecule has 2 aromatic carbocycles. The van der Waals surface area contributed by atoms with Gasteiger partial charge in [-0.15, -0.1) is 11.8 Å². The molecule has 2 aromatic rings. The highest BCUT2D eigenvalue weighted by molar-refractivity contribution is 7.99. The van der Waals surface area contributed by atoms with E-state index in [2.05, 4.69) is 5.32 Å². The van der Waals surface area contributed by atoms with E-state index in [1.807, 2.05) is 51.1 Å². The van der Waals surface area contributed by atoms with Gasteiger partial charge in [-0.2, -0.15) is 0 Å². The van der Waals surface area contributed by atoms with Crippen LogP contribution in [-0.4, -0.2) is 34.0 Å². The summed E-state index contributed by atoms with van der Waals surface area (Å²) in [6.45, 7) is 7.72. The van der Waals surface area contributed by atoms with Gasteiger partial charge >= 0.3 is 0 Å². The topological polar surface area (TPSA) is 49.4 Å². The summed E-state index contributed by atoms with van der Waals surface area (Å²) in [6.07, 6.45) is 0.317. The fourth-order valence-corrected chi connectivity index (χ4v) is 4.14. The average Bonchev–Trinajstić information content (AvgIpc) is 2.66. The summed E-state index contributed by atoms with van der Waals surface area (Å²) in [4.78, 5) is 28.5. The molecule has 0 fully saturated rings. The van der Waals surface area contributed by atoms with Gasteiger partial charge in [-0.1, -0.05) is 47.5 Å². The Balaban J connectivity index is 2.14. The van der Waals surface area contributed by atoms with Crippen LogP contribution >= 0.6 is 35.0 Å². The number of hydrogen-bond acceptors (Lipinski definition) is 3. The molecule has 4 nitrogen and oxygen atoms in total. The van der Waals surface area contributed by atoms with Crippen LogP contribution in [0.2, 0.25) is 10.0 Å². The second-order valence-electron chi connectivity index (χ2n) is 8.08. The monoisotopic (exact) mass is 466 g/mol. The van der Waals surface area contributed by atoms with Crippen LogP contribution in [0.4, 0.5) is 0 Å². The van der Waals surface area contributed by atoms with Gasteiger partial charge in [-0.05, 0) is 57.5 Å². The first kappa shape index (κ1) is 24.6. The van der Waals surface area contributed by atoms with Crippen LogP contribution in [0.25, 0.3) is 0 Å². The minimum atomic E-state index is -0.634. The largest absolute Gasteiger partial charge is 0.350 e. The van der Waals surface area contributed by atoms with Crippen LogP contribution in [0.3, 0.4) is 0 Å².